The third-order valence-corrected chi connectivity index (χ3v) is 2.79. The number of aromatic nitrogens is 2. The van der Waals surface area contributed by atoms with E-state index in [9.17, 15) is 4.79 Å². The quantitative estimate of drug-likeness (QED) is 0.705. The van der Waals surface area contributed by atoms with Crippen molar-refractivity contribution in [2.24, 2.45) is 0 Å². The van der Waals surface area contributed by atoms with E-state index >= 15 is 0 Å². The minimum absolute atomic E-state index is 0.501. The maximum absolute atomic E-state index is 10.4. The molecule has 0 radical (unpaired) electrons. The van der Waals surface area contributed by atoms with E-state index in [1.807, 2.05) is 19.1 Å². The van der Waals surface area contributed by atoms with E-state index in [-0.39, 0.29) is 0 Å². The van der Waals surface area contributed by atoms with Gasteiger partial charge in [0.05, 0.1) is 4.88 Å². The number of thiazole rings is 1. The molecule has 0 fully saturated rings. The second-order valence-corrected chi connectivity index (χ2v) is 3.93. The Hall–Kier alpha value is -1.55. The zero-order valence-electron chi connectivity index (χ0n) is 7.60. The van der Waals surface area contributed by atoms with Crippen LogP contribution in [0.2, 0.25) is 0 Å². The van der Waals surface area contributed by atoms with Crippen LogP contribution in [0.4, 0.5) is 0 Å². The van der Waals surface area contributed by atoms with Crippen LogP contribution in [0.1, 0.15) is 15.5 Å². The summed E-state index contributed by atoms with van der Waals surface area (Å²) in [7, 11) is 0. The van der Waals surface area contributed by atoms with Crippen LogP contribution in [0.5, 0.6) is 0 Å². The Kier molecular flexibility index (Phi) is 2.37. The van der Waals surface area contributed by atoms with Gasteiger partial charge >= 0.3 is 0 Å². The fraction of sp³-hybridized carbons (Fsp3) is 0.100. The molecule has 3 nitrogen and oxygen atoms in total. The number of rotatable bonds is 2. The lowest BCUT2D eigenvalue weighted by molar-refractivity contribution is 0.112. The molecule has 0 saturated carbocycles. The average molecular weight is 204 g/mol. The van der Waals surface area contributed by atoms with Gasteiger partial charge in [-0.05, 0) is 13.0 Å². The van der Waals surface area contributed by atoms with Crippen LogP contribution in [0.15, 0.2) is 24.5 Å². The van der Waals surface area contributed by atoms with Crippen LogP contribution in [0.3, 0.4) is 0 Å². The monoisotopic (exact) mass is 204 g/mol. The van der Waals surface area contributed by atoms with Gasteiger partial charge in [-0.2, -0.15) is 0 Å². The average Bonchev–Trinajstić information content (AvgIpc) is 2.67. The SMILES string of the molecule is Cc1ccc(-c2cnc(C=O)s2)cn1. The summed E-state index contributed by atoms with van der Waals surface area (Å²) in [6.07, 6.45) is 4.24. The molecule has 2 aromatic rings. The van der Waals surface area contributed by atoms with Gasteiger partial charge in [0.25, 0.3) is 0 Å². The van der Waals surface area contributed by atoms with E-state index in [4.69, 9.17) is 0 Å². The molecule has 0 N–H and O–H groups in total. The van der Waals surface area contributed by atoms with Crippen molar-refractivity contribution in [1.29, 1.82) is 0 Å². The summed E-state index contributed by atoms with van der Waals surface area (Å²) >= 11 is 1.37. The molecule has 0 aliphatic heterocycles. The molecule has 0 unspecified atom stereocenters. The third kappa shape index (κ3) is 1.70. The fourth-order valence-electron chi connectivity index (χ4n) is 1.09. The molecular formula is C10H8N2OS. The number of pyridine rings is 1. The van der Waals surface area contributed by atoms with Gasteiger partial charge in [-0.3, -0.25) is 9.78 Å². The van der Waals surface area contributed by atoms with Crippen LogP contribution < -0.4 is 0 Å². The van der Waals surface area contributed by atoms with Gasteiger partial charge in [0, 0.05) is 23.7 Å². The number of aryl methyl sites for hydroxylation is 1. The van der Waals surface area contributed by atoms with Crippen molar-refractivity contribution >= 4 is 17.6 Å². The topological polar surface area (TPSA) is 42.9 Å². The largest absolute Gasteiger partial charge is 0.295 e. The van der Waals surface area contributed by atoms with Crippen LogP contribution in [0, 0.1) is 6.92 Å². The lowest BCUT2D eigenvalue weighted by Gasteiger charge is -1.95. The van der Waals surface area contributed by atoms with Crippen molar-refractivity contribution in [2.75, 3.05) is 0 Å². The van der Waals surface area contributed by atoms with E-state index in [1.54, 1.807) is 12.4 Å². The summed E-state index contributed by atoms with van der Waals surface area (Å²) in [5, 5.41) is 0.501. The molecule has 0 spiro atoms. The Bertz CT molecular complexity index is 447. The number of carbonyl (C=O) groups excluding carboxylic acids is 1. The summed E-state index contributed by atoms with van der Waals surface area (Å²) in [5.74, 6) is 0. The van der Waals surface area contributed by atoms with Crippen molar-refractivity contribution in [2.45, 2.75) is 6.92 Å². The summed E-state index contributed by atoms with van der Waals surface area (Å²) < 4.78 is 0. The molecule has 2 heterocycles. The summed E-state index contributed by atoms with van der Waals surface area (Å²) in [4.78, 5) is 19.5. The molecular weight excluding hydrogens is 196 g/mol. The molecule has 0 aliphatic carbocycles. The third-order valence-electron chi connectivity index (χ3n) is 1.82. The minimum atomic E-state index is 0.501. The Morgan fingerprint density at radius 1 is 1.29 bits per heavy atom. The highest BCUT2D eigenvalue weighted by Crippen LogP contribution is 2.24. The van der Waals surface area contributed by atoms with Crippen molar-refractivity contribution in [3.8, 4) is 10.4 Å². The molecule has 0 aromatic carbocycles. The molecule has 0 amide bonds. The predicted molar refractivity (Wildman–Crippen MR) is 55.5 cm³/mol. The summed E-state index contributed by atoms with van der Waals surface area (Å²) in [6, 6.07) is 3.92. The predicted octanol–water partition coefficient (Wildman–Crippen LogP) is 2.33. The van der Waals surface area contributed by atoms with Gasteiger partial charge in [-0.1, -0.05) is 6.07 Å². The molecule has 14 heavy (non-hydrogen) atoms. The number of carbonyl (C=O) groups is 1. The van der Waals surface area contributed by atoms with E-state index in [1.165, 1.54) is 11.3 Å². The number of hydrogen-bond acceptors (Lipinski definition) is 4. The van der Waals surface area contributed by atoms with Gasteiger partial charge in [-0.25, -0.2) is 4.98 Å². The minimum Gasteiger partial charge on any atom is -0.295 e. The zero-order valence-corrected chi connectivity index (χ0v) is 8.41. The van der Waals surface area contributed by atoms with Gasteiger partial charge in [-0.15, -0.1) is 11.3 Å². The van der Waals surface area contributed by atoms with Crippen LogP contribution >= 0.6 is 11.3 Å². The smallest absolute Gasteiger partial charge is 0.178 e. The number of aldehydes is 1. The summed E-state index contributed by atoms with van der Waals surface area (Å²) in [6.45, 7) is 1.94. The van der Waals surface area contributed by atoms with Gasteiger partial charge < -0.3 is 0 Å². The summed E-state index contributed by atoms with van der Waals surface area (Å²) in [5.41, 5.74) is 1.98. The second kappa shape index (κ2) is 3.67. The molecule has 2 rings (SSSR count). The van der Waals surface area contributed by atoms with E-state index in [2.05, 4.69) is 9.97 Å². The second-order valence-electron chi connectivity index (χ2n) is 2.87. The molecule has 4 heteroatoms. The molecule has 0 atom stereocenters. The highest BCUT2D eigenvalue weighted by molar-refractivity contribution is 7.16. The zero-order chi connectivity index (χ0) is 9.97. The Morgan fingerprint density at radius 3 is 2.71 bits per heavy atom. The molecule has 0 saturated heterocycles. The lowest BCUT2D eigenvalue weighted by atomic mass is 10.2. The number of nitrogens with zero attached hydrogens (tertiary/aromatic N) is 2. The van der Waals surface area contributed by atoms with Crippen LogP contribution in [-0.4, -0.2) is 16.3 Å². The molecule has 0 aliphatic rings. The standard InChI is InChI=1S/C10H8N2OS/c1-7-2-3-8(4-11-7)9-5-12-10(6-13)14-9/h2-6H,1H3. The first-order valence-corrected chi connectivity index (χ1v) is 4.95. The normalized spacial score (nSPS) is 10.1. The first kappa shape index (κ1) is 9.02. The molecule has 2 aromatic heterocycles. The fourth-order valence-corrected chi connectivity index (χ4v) is 1.81. The first-order valence-electron chi connectivity index (χ1n) is 4.13. The van der Waals surface area contributed by atoms with Crippen molar-refractivity contribution in [3.05, 3.63) is 35.2 Å². The highest BCUT2D eigenvalue weighted by Gasteiger charge is 2.03. The molecule has 0 bridgehead atoms. The van der Waals surface area contributed by atoms with Crippen molar-refractivity contribution in [3.63, 3.8) is 0 Å². The van der Waals surface area contributed by atoms with E-state index in [0.717, 1.165) is 22.4 Å². The Balaban J connectivity index is 2.39. The van der Waals surface area contributed by atoms with Gasteiger partial charge in [0.2, 0.25) is 0 Å². The Morgan fingerprint density at radius 2 is 2.14 bits per heavy atom. The van der Waals surface area contributed by atoms with Crippen LogP contribution in [0.25, 0.3) is 10.4 Å². The van der Waals surface area contributed by atoms with E-state index in [0.29, 0.717) is 5.01 Å². The van der Waals surface area contributed by atoms with Crippen molar-refractivity contribution < 1.29 is 4.79 Å². The van der Waals surface area contributed by atoms with Crippen LogP contribution in [-0.2, 0) is 0 Å². The first-order chi connectivity index (χ1) is 6.79. The van der Waals surface area contributed by atoms with Crippen molar-refractivity contribution in [1.82, 2.24) is 9.97 Å². The highest BCUT2D eigenvalue weighted by atomic mass is 32.1. The molecule has 70 valence electrons. The maximum atomic E-state index is 10.4. The number of hydrogen-bond donors (Lipinski definition) is 0. The van der Waals surface area contributed by atoms with Gasteiger partial charge in [0.15, 0.2) is 11.3 Å². The lowest BCUT2D eigenvalue weighted by Crippen LogP contribution is -1.79. The Labute approximate surface area is 85.5 Å². The van der Waals surface area contributed by atoms with E-state index < -0.39 is 0 Å². The van der Waals surface area contributed by atoms with Gasteiger partial charge in [0.1, 0.15) is 0 Å². The maximum Gasteiger partial charge on any atom is 0.178 e.